The Hall–Kier alpha value is -3.48. The minimum Gasteiger partial charge on any atom is -0.340 e. The van der Waals surface area contributed by atoms with Gasteiger partial charge in [0.1, 0.15) is 11.9 Å². The molecule has 4 aromatic rings. The highest BCUT2D eigenvalue weighted by atomic mass is 16.2. The number of benzene rings is 2. The molecule has 0 aliphatic carbocycles. The summed E-state index contributed by atoms with van der Waals surface area (Å²) >= 11 is 0. The largest absolute Gasteiger partial charge is 0.340 e. The predicted octanol–water partition coefficient (Wildman–Crippen LogP) is 4.20. The number of amides is 1. The molecular formula is C25H27N5O2. The summed E-state index contributed by atoms with van der Waals surface area (Å²) in [4.78, 5) is 36.7. The molecular weight excluding hydrogens is 402 g/mol. The maximum atomic E-state index is 13.6. The van der Waals surface area contributed by atoms with E-state index in [9.17, 15) is 9.59 Å². The van der Waals surface area contributed by atoms with Gasteiger partial charge in [-0.05, 0) is 69.4 Å². The van der Waals surface area contributed by atoms with Gasteiger partial charge in [0.05, 0.1) is 28.7 Å². The molecule has 0 bridgehead atoms. The fourth-order valence-electron chi connectivity index (χ4n) is 4.65. The van der Waals surface area contributed by atoms with E-state index < -0.39 is 6.04 Å². The number of hydrogen-bond donors (Lipinski definition) is 1. The number of piperidine rings is 1. The van der Waals surface area contributed by atoms with Crippen LogP contribution in [0, 0.1) is 13.8 Å². The Morgan fingerprint density at radius 3 is 2.78 bits per heavy atom. The monoisotopic (exact) mass is 429 g/mol. The SMILES string of the molecule is Cc1cc2nc([C@@H]3CCCCN3C(=O)[C@H](C)n3ncc4ccccc4c3=O)[nH]c2cc1C. The number of aromatic amines is 1. The molecule has 2 aromatic carbocycles. The zero-order chi connectivity index (χ0) is 22.4. The molecule has 0 spiro atoms. The Balaban J connectivity index is 1.49. The molecule has 7 nitrogen and oxygen atoms in total. The van der Waals surface area contributed by atoms with Crippen molar-refractivity contribution in [3.05, 3.63) is 69.9 Å². The van der Waals surface area contributed by atoms with Gasteiger partial charge in [-0.15, -0.1) is 0 Å². The lowest BCUT2D eigenvalue weighted by Crippen LogP contribution is -2.44. The number of hydrogen-bond acceptors (Lipinski definition) is 4. The lowest BCUT2D eigenvalue weighted by Gasteiger charge is -2.36. The van der Waals surface area contributed by atoms with E-state index in [0.717, 1.165) is 41.5 Å². The van der Waals surface area contributed by atoms with Gasteiger partial charge in [-0.2, -0.15) is 5.10 Å². The second-order valence-electron chi connectivity index (χ2n) is 8.78. The van der Waals surface area contributed by atoms with Crippen LogP contribution in [0.3, 0.4) is 0 Å². The first-order valence-electron chi connectivity index (χ1n) is 11.2. The van der Waals surface area contributed by atoms with Crippen LogP contribution >= 0.6 is 0 Å². The summed E-state index contributed by atoms with van der Waals surface area (Å²) in [6.07, 6.45) is 4.47. The van der Waals surface area contributed by atoms with Crippen molar-refractivity contribution >= 4 is 27.7 Å². The maximum Gasteiger partial charge on any atom is 0.275 e. The highest BCUT2D eigenvalue weighted by Crippen LogP contribution is 2.32. The molecule has 3 heterocycles. The third-order valence-electron chi connectivity index (χ3n) is 6.66. The van der Waals surface area contributed by atoms with Gasteiger partial charge in [-0.3, -0.25) is 9.59 Å². The van der Waals surface area contributed by atoms with Gasteiger partial charge < -0.3 is 9.88 Å². The average Bonchev–Trinajstić information content (AvgIpc) is 3.21. The Bertz CT molecular complexity index is 1350. The Kier molecular flexibility index (Phi) is 5.04. The van der Waals surface area contributed by atoms with E-state index >= 15 is 0 Å². The van der Waals surface area contributed by atoms with Crippen LogP contribution in [-0.4, -0.2) is 37.1 Å². The molecule has 164 valence electrons. The molecule has 1 fully saturated rings. The molecule has 32 heavy (non-hydrogen) atoms. The Morgan fingerprint density at radius 1 is 1.16 bits per heavy atom. The second-order valence-corrected chi connectivity index (χ2v) is 8.78. The van der Waals surface area contributed by atoms with Crippen molar-refractivity contribution in [3.63, 3.8) is 0 Å². The molecule has 1 aliphatic rings. The van der Waals surface area contributed by atoms with E-state index in [0.29, 0.717) is 11.9 Å². The van der Waals surface area contributed by atoms with Crippen molar-refractivity contribution in [2.45, 2.75) is 52.1 Å². The molecule has 2 aromatic heterocycles. The summed E-state index contributed by atoms with van der Waals surface area (Å²) in [5, 5.41) is 5.65. The molecule has 1 aliphatic heterocycles. The summed E-state index contributed by atoms with van der Waals surface area (Å²) in [6.45, 7) is 6.56. The Labute approximate surface area is 186 Å². The third-order valence-corrected chi connectivity index (χ3v) is 6.66. The number of carbonyl (C=O) groups excluding carboxylic acids is 1. The van der Waals surface area contributed by atoms with Crippen LogP contribution in [-0.2, 0) is 4.79 Å². The first kappa shape index (κ1) is 20.4. The number of likely N-dealkylation sites (tertiary alicyclic amines) is 1. The highest BCUT2D eigenvalue weighted by molar-refractivity contribution is 5.83. The molecule has 7 heteroatoms. The van der Waals surface area contributed by atoms with Crippen molar-refractivity contribution in [1.82, 2.24) is 24.6 Å². The second kappa shape index (κ2) is 7.89. The lowest BCUT2D eigenvalue weighted by atomic mass is 10.0. The van der Waals surface area contributed by atoms with Gasteiger partial charge in [0, 0.05) is 11.9 Å². The molecule has 1 N–H and O–H groups in total. The van der Waals surface area contributed by atoms with Crippen molar-refractivity contribution < 1.29 is 4.79 Å². The standard InChI is InChI=1S/C25H27N5O2/c1-15-12-20-21(13-16(15)2)28-23(27-20)22-10-6-7-11-29(22)24(31)17(3)30-25(32)19-9-5-4-8-18(19)14-26-30/h4-5,8-9,12-14,17,22H,6-7,10-11H2,1-3H3,(H,27,28)/t17-,22-/m0/s1. The van der Waals surface area contributed by atoms with Crippen molar-refractivity contribution in [3.8, 4) is 0 Å². The summed E-state index contributed by atoms with van der Waals surface area (Å²) in [6, 6.07) is 10.7. The first-order chi connectivity index (χ1) is 15.4. The van der Waals surface area contributed by atoms with E-state index in [1.807, 2.05) is 23.1 Å². The average molecular weight is 430 g/mol. The number of H-pyrrole nitrogens is 1. The van der Waals surface area contributed by atoms with E-state index in [2.05, 4.69) is 36.1 Å². The Morgan fingerprint density at radius 2 is 1.94 bits per heavy atom. The van der Waals surface area contributed by atoms with Crippen molar-refractivity contribution in [2.75, 3.05) is 6.54 Å². The van der Waals surface area contributed by atoms with Crippen molar-refractivity contribution in [2.24, 2.45) is 0 Å². The van der Waals surface area contributed by atoms with Gasteiger partial charge in [0.2, 0.25) is 5.91 Å². The number of nitrogens with zero attached hydrogens (tertiary/aromatic N) is 4. The van der Waals surface area contributed by atoms with E-state index in [1.54, 1.807) is 19.2 Å². The van der Waals surface area contributed by atoms with Crippen LogP contribution in [0.1, 0.15) is 55.2 Å². The number of rotatable bonds is 3. The minimum absolute atomic E-state index is 0.104. The summed E-state index contributed by atoms with van der Waals surface area (Å²) in [5.74, 6) is 0.705. The number of carbonyl (C=O) groups is 1. The summed E-state index contributed by atoms with van der Waals surface area (Å²) < 4.78 is 1.31. The third kappa shape index (κ3) is 3.38. The molecule has 0 unspecified atom stereocenters. The number of fused-ring (bicyclic) bond motifs is 2. The first-order valence-corrected chi connectivity index (χ1v) is 11.2. The normalized spacial score (nSPS) is 17.7. The van der Waals surface area contributed by atoms with Crippen LogP contribution in [0.25, 0.3) is 21.8 Å². The van der Waals surface area contributed by atoms with Crippen LogP contribution in [0.4, 0.5) is 0 Å². The highest BCUT2D eigenvalue weighted by Gasteiger charge is 2.34. The summed E-state index contributed by atoms with van der Waals surface area (Å²) in [5.41, 5.74) is 4.07. The fourth-order valence-corrected chi connectivity index (χ4v) is 4.65. The minimum atomic E-state index is -0.693. The molecule has 5 rings (SSSR count). The smallest absolute Gasteiger partial charge is 0.275 e. The quantitative estimate of drug-likeness (QED) is 0.529. The van der Waals surface area contributed by atoms with Crippen LogP contribution in [0.15, 0.2) is 47.4 Å². The maximum absolute atomic E-state index is 13.6. The predicted molar refractivity (Wildman–Crippen MR) is 125 cm³/mol. The van der Waals surface area contributed by atoms with Crippen LogP contribution < -0.4 is 5.56 Å². The number of imidazole rings is 1. The topological polar surface area (TPSA) is 83.9 Å². The molecule has 1 saturated heterocycles. The fraction of sp³-hybridized carbons (Fsp3) is 0.360. The van der Waals surface area contributed by atoms with E-state index in [1.165, 1.54) is 15.8 Å². The van der Waals surface area contributed by atoms with E-state index in [-0.39, 0.29) is 17.5 Å². The van der Waals surface area contributed by atoms with Crippen molar-refractivity contribution in [1.29, 1.82) is 0 Å². The van der Waals surface area contributed by atoms with Crippen LogP contribution in [0.2, 0.25) is 0 Å². The molecule has 0 saturated carbocycles. The number of aryl methyl sites for hydroxylation is 2. The summed E-state index contributed by atoms with van der Waals surface area (Å²) in [7, 11) is 0. The zero-order valence-corrected chi connectivity index (χ0v) is 18.6. The van der Waals surface area contributed by atoms with E-state index in [4.69, 9.17) is 4.98 Å². The molecule has 2 atom stereocenters. The van der Waals surface area contributed by atoms with Gasteiger partial charge >= 0.3 is 0 Å². The van der Waals surface area contributed by atoms with Gasteiger partial charge in [0.15, 0.2) is 0 Å². The van der Waals surface area contributed by atoms with Gasteiger partial charge in [0.25, 0.3) is 5.56 Å². The number of aromatic nitrogens is 4. The molecule has 1 amide bonds. The van der Waals surface area contributed by atoms with Crippen LogP contribution in [0.5, 0.6) is 0 Å². The molecule has 0 radical (unpaired) electrons. The lowest BCUT2D eigenvalue weighted by molar-refractivity contribution is -0.138. The zero-order valence-electron chi connectivity index (χ0n) is 18.6. The van der Waals surface area contributed by atoms with Gasteiger partial charge in [-0.1, -0.05) is 18.2 Å². The van der Waals surface area contributed by atoms with Gasteiger partial charge in [-0.25, -0.2) is 9.67 Å². The number of nitrogens with one attached hydrogen (secondary N) is 1.